The van der Waals surface area contributed by atoms with Gasteiger partial charge in [0.2, 0.25) is 0 Å². The lowest BCUT2D eigenvalue weighted by molar-refractivity contribution is 0.0784. The van der Waals surface area contributed by atoms with Crippen LogP contribution < -0.4 is 4.90 Å². The molecule has 1 unspecified atom stereocenters. The van der Waals surface area contributed by atoms with E-state index in [9.17, 15) is 4.79 Å². The standard InChI is InChI=1S/C26H30FN7O3Si/c1-38(2,3)11-10-36-16-32-15-28-24(31-32)19-7-6-18(12-21(19)27)20-13-29-33-9-8-23(30-25(20)33)34-22(17-4-5-17)14-37-26(34)35/h6-9,12-13,15,17,22H,4-5,10-11,14,16H2,1-3H3. The van der Waals surface area contributed by atoms with Crippen molar-refractivity contribution in [3.05, 3.63) is 48.8 Å². The highest BCUT2D eigenvalue weighted by atomic mass is 28.3. The Hall–Kier alpha value is -3.64. The zero-order valence-corrected chi connectivity index (χ0v) is 22.7. The molecule has 4 heterocycles. The lowest BCUT2D eigenvalue weighted by Crippen LogP contribution is -2.35. The maximum Gasteiger partial charge on any atom is 0.415 e. The number of aromatic nitrogens is 6. The molecule has 0 spiro atoms. The summed E-state index contributed by atoms with van der Waals surface area (Å²) in [5.74, 6) is 0.797. The highest BCUT2D eigenvalue weighted by molar-refractivity contribution is 6.76. The van der Waals surface area contributed by atoms with Crippen LogP contribution in [0, 0.1) is 11.7 Å². The van der Waals surface area contributed by atoms with Gasteiger partial charge in [-0.1, -0.05) is 25.7 Å². The molecule has 12 heteroatoms. The molecule has 3 aromatic heterocycles. The summed E-state index contributed by atoms with van der Waals surface area (Å²) in [4.78, 5) is 23.1. The van der Waals surface area contributed by atoms with Gasteiger partial charge >= 0.3 is 6.09 Å². The third-order valence-electron chi connectivity index (χ3n) is 6.95. The monoisotopic (exact) mass is 535 g/mol. The van der Waals surface area contributed by atoms with Gasteiger partial charge in [-0.25, -0.2) is 28.4 Å². The van der Waals surface area contributed by atoms with Crippen LogP contribution in [0.15, 0.2) is 43.0 Å². The average Bonchev–Trinajstić information content (AvgIpc) is 3.28. The number of anilines is 1. The quantitative estimate of drug-likeness (QED) is 0.223. The normalized spacial score (nSPS) is 17.9. The predicted molar refractivity (Wildman–Crippen MR) is 142 cm³/mol. The van der Waals surface area contributed by atoms with Gasteiger partial charge in [-0.15, -0.1) is 5.10 Å². The van der Waals surface area contributed by atoms with E-state index in [1.807, 2.05) is 0 Å². The Bertz CT molecular complexity index is 1490. The Morgan fingerprint density at radius 1 is 1.18 bits per heavy atom. The SMILES string of the molecule is C[Si](C)(C)CCOCn1cnc(-c2ccc(-c3cnn4ccc(N5C(=O)OCC5C5CC5)nc34)cc2F)n1. The van der Waals surface area contributed by atoms with Crippen LogP contribution in [0.5, 0.6) is 0 Å². The van der Waals surface area contributed by atoms with Crippen LogP contribution in [0.4, 0.5) is 15.0 Å². The fourth-order valence-corrected chi connectivity index (χ4v) is 5.36. The van der Waals surface area contributed by atoms with Crippen molar-refractivity contribution < 1.29 is 18.7 Å². The number of rotatable bonds is 9. The molecule has 0 radical (unpaired) electrons. The smallest absolute Gasteiger partial charge is 0.415 e. The Kier molecular flexibility index (Phi) is 6.23. The van der Waals surface area contributed by atoms with Gasteiger partial charge in [0.25, 0.3) is 0 Å². The molecule has 38 heavy (non-hydrogen) atoms. The van der Waals surface area contributed by atoms with E-state index < -0.39 is 13.9 Å². The van der Waals surface area contributed by atoms with E-state index in [1.165, 1.54) is 6.07 Å². The van der Waals surface area contributed by atoms with Crippen LogP contribution >= 0.6 is 0 Å². The number of nitrogens with zero attached hydrogens (tertiary/aromatic N) is 7. The van der Waals surface area contributed by atoms with Crippen LogP contribution in [-0.4, -0.2) is 62.8 Å². The van der Waals surface area contributed by atoms with E-state index in [4.69, 9.17) is 14.5 Å². The molecular formula is C26H30FN7O3Si. The number of halogens is 1. The van der Waals surface area contributed by atoms with Crippen molar-refractivity contribution in [2.45, 2.75) is 51.3 Å². The fourth-order valence-electron chi connectivity index (χ4n) is 4.61. The van der Waals surface area contributed by atoms with Crippen molar-refractivity contribution in [1.29, 1.82) is 0 Å². The second kappa shape index (κ2) is 9.59. The van der Waals surface area contributed by atoms with Crippen LogP contribution in [-0.2, 0) is 16.2 Å². The predicted octanol–water partition coefficient (Wildman–Crippen LogP) is 4.84. The summed E-state index contributed by atoms with van der Waals surface area (Å²) in [5.41, 5.74) is 2.10. The summed E-state index contributed by atoms with van der Waals surface area (Å²) < 4.78 is 29.5. The molecule has 2 fully saturated rings. The lowest BCUT2D eigenvalue weighted by Gasteiger charge is -2.20. The Labute approximate surface area is 220 Å². The first-order valence-corrected chi connectivity index (χ1v) is 16.6. The number of ether oxygens (including phenoxy) is 2. The van der Waals surface area contributed by atoms with Crippen LogP contribution in [0.2, 0.25) is 25.7 Å². The van der Waals surface area contributed by atoms with Crippen LogP contribution in [0.3, 0.4) is 0 Å². The number of cyclic esters (lactones) is 1. The van der Waals surface area contributed by atoms with Gasteiger partial charge < -0.3 is 9.47 Å². The molecule has 1 aliphatic heterocycles. The number of benzene rings is 1. The second-order valence-electron chi connectivity index (χ2n) is 11.1. The van der Waals surface area contributed by atoms with Crippen LogP contribution in [0.25, 0.3) is 28.2 Å². The fraction of sp³-hybridized carbons (Fsp3) is 0.423. The summed E-state index contributed by atoms with van der Waals surface area (Å²) in [6, 6.07) is 7.71. The van der Waals surface area contributed by atoms with Crippen molar-refractivity contribution in [2.75, 3.05) is 18.1 Å². The van der Waals surface area contributed by atoms with Crippen molar-refractivity contribution in [3.63, 3.8) is 0 Å². The van der Waals surface area contributed by atoms with E-state index in [1.54, 1.807) is 51.0 Å². The number of amides is 1. The highest BCUT2D eigenvalue weighted by Crippen LogP contribution is 2.40. The molecule has 1 aliphatic carbocycles. The summed E-state index contributed by atoms with van der Waals surface area (Å²) >= 11 is 0. The summed E-state index contributed by atoms with van der Waals surface area (Å²) in [6.07, 6.45) is 6.73. The van der Waals surface area contributed by atoms with Gasteiger partial charge in [0, 0.05) is 26.4 Å². The minimum Gasteiger partial charge on any atom is -0.447 e. The molecule has 10 nitrogen and oxygen atoms in total. The topological polar surface area (TPSA) is 99.7 Å². The highest BCUT2D eigenvalue weighted by Gasteiger charge is 2.44. The van der Waals surface area contributed by atoms with Crippen molar-refractivity contribution in [3.8, 4) is 22.5 Å². The van der Waals surface area contributed by atoms with Crippen molar-refractivity contribution in [1.82, 2.24) is 29.4 Å². The molecule has 1 saturated carbocycles. The molecule has 0 bridgehead atoms. The van der Waals surface area contributed by atoms with E-state index in [-0.39, 0.29) is 18.9 Å². The van der Waals surface area contributed by atoms with E-state index in [2.05, 4.69) is 34.8 Å². The second-order valence-corrected chi connectivity index (χ2v) is 16.7. The Balaban J connectivity index is 1.22. The molecule has 1 amide bonds. The first-order chi connectivity index (χ1) is 18.3. The first-order valence-electron chi connectivity index (χ1n) is 12.8. The van der Waals surface area contributed by atoms with Gasteiger partial charge in [0.1, 0.15) is 31.3 Å². The number of carbonyl (C=O) groups excluding carboxylic acids is 1. The molecular weight excluding hydrogens is 505 g/mol. The minimum atomic E-state index is -1.17. The van der Waals surface area contributed by atoms with Gasteiger partial charge in [0.05, 0.1) is 17.8 Å². The van der Waals surface area contributed by atoms with Crippen molar-refractivity contribution >= 4 is 25.6 Å². The molecule has 1 atom stereocenters. The molecule has 0 N–H and O–H groups in total. The van der Waals surface area contributed by atoms with Gasteiger partial charge in [-0.3, -0.25) is 4.90 Å². The Morgan fingerprint density at radius 3 is 2.79 bits per heavy atom. The summed E-state index contributed by atoms with van der Waals surface area (Å²) in [7, 11) is -1.17. The van der Waals surface area contributed by atoms with Crippen LogP contribution in [0.1, 0.15) is 12.8 Å². The average molecular weight is 536 g/mol. The molecule has 2 aliphatic rings. The number of hydrogen-bond acceptors (Lipinski definition) is 7. The zero-order chi connectivity index (χ0) is 26.4. The largest absolute Gasteiger partial charge is 0.447 e. The molecule has 4 aromatic rings. The third kappa shape index (κ3) is 4.93. The Morgan fingerprint density at radius 2 is 2.03 bits per heavy atom. The van der Waals surface area contributed by atoms with E-state index in [0.29, 0.717) is 53.1 Å². The minimum absolute atomic E-state index is 0.00130. The first kappa shape index (κ1) is 24.7. The van der Waals surface area contributed by atoms with Gasteiger partial charge in [0.15, 0.2) is 11.5 Å². The number of carbonyl (C=O) groups is 1. The van der Waals surface area contributed by atoms with Gasteiger partial charge in [-0.2, -0.15) is 5.10 Å². The van der Waals surface area contributed by atoms with Gasteiger partial charge in [-0.05, 0) is 48.6 Å². The molecule has 198 valence electrons. The van der Waals surface area contributed by atoms with E-state index >= 15 is 4.39 Å². The summed E-state index contributed by atoms with van der Waals surface area (Å²) in [5, 5.41) is 8.75. The zero-order valence-electron chi connectivity index (χ0n) is 21.7. The number of fused-ring (bicyclic) bond motifs is 1. The molecule has 6 rings (SSSR count). The number of hydrogen-bond donors (Lipinski definition) is 0. The summed E-state index contributed by atoms with van der Waals surface area (Å²) in [6.45, 7) is 8.22. The molecule has 1 saturated heterocycles. The van der Waals surface area contributed by atoms with Crippen molar-refractivity contribution in [2.24, 2.45) is 5.92 Å². The maximum atomic E-state index is 15.3. The third-order valence-corrected chi connectivity index (χ3v) is 8.65. The lowest BCUT2D eigenvalue weighted by atomic mass is 10.1. The molecule has 1 aromatic carbocycles. The van der Waals surface area contributed by atoms with E-state index in [0.717, 1.165) is 18.9 Å². The maximum absolute atomic E-state index is 15.3.